The summed E-state index contributed by atoms with van der Waals surface area (Å²) in [4.78, 5) is 28.7. The number of rotatable bonds is 5. The molecule has 1 aliphatic heterocycles. The number of amides is 2. The molecular formula is C20H22N6O3. The van der Waals surface area contributed by atoms with Crippen LogP contribution < -0.4 is 5.32 Å². The van der Waals surface area contributed by atoms with Crippen LogP contribution >= 0.6 is 0 Å². The number of benzene rings is 1. The summed E-state index contributed by atoms with van der Waals surface area (Å²) >= 11 is 0. The zero-order valence-corrected chi connectivity index (χ0v) is 16.1. The van der Waals surface area contributed by atoms with Crippen LogP contribution in [0.25, 0.3) is 11.3 Å². The first-order valence-corrected chi connectivity index (χ1v) is 9.44. The lowest BCUT2D eigenvalue weighted by Crippen LogP contribution is -2.50. The average Bonchev–Trinajstić information content (AvgIpc) is 3.38. The van der Waals surface area contributed by atoms with Gasteiger partial charge in [-0.25, -0.2) is 0 Å². The van der Waals surface area contributed by atoms with Gasteiger partial charge in [0, 0.05) is 37.8 Å². The van der Waals surface area contributed by atoms with Gasteiger partial charge in [-0.15, -0.1) is 0 Å². The summed E-state index contributed by atoms with van der Waals surface area (Å²) in [5.74, 6) is 0.817. The Hall–Kier alpha value is -3.46. The minimum atomic E-state index is -0.154. The second-order valence-corrected chi connectivity index (χ2v) is 6.97. The van der Waals surface area contributed by atoms with Gasteiger partial charge in [0.1, 0.15) is 11.5 Å². The maximum absolute atomic E-state index is 12.8. The Morgan fingerprint density at radius 1 is 1.14 bits per heavy atom. The van der Waals surface area contributed by atoms with E-state index in [1.165, 1.54) is 0 Å². The van der Waals surface area contributed by atoms with Gasteiger partial charge in [0.15, 0.2) is 5.82 Å². The molecule has 2 N–H and O–H groups in total. The van der Waals surface area contributed by atoms with E-state index in [-0.39, 0.29) is 18.4 Å². The summed E-state index contributed by atoms with van der Waals surface area (Å²) in [5, 5.41) is 13.6. The van der Waals surface area contributed by atoms with Gasteiger partial charge in [-0.3, -0.25) is 19.6 Å². The molecule has 9 heteroatoms. The highest BCUT2D eigenvalue weighted by molar-refractivity contribution is 5.93. The van der Waals surface area contributed by atoms with E-state index >= 15 is 0 Å². The Balaban J connectivity index is 1.28. The second kappa shape index (κ2) is 8.27. The minimum Gasteiger partial charge on any atom is -0.360 e. The Kier molecular flexibility index (Phi) is 5.39. The van der Waals surface area contributed by atoms with Crippen molar-refractivity contribution in [2.24, 2.45) is 0 Å². The fraction of sp³-hybridized carbons (Fsp3) is 0.300. The van der Waals surface area contributed by atoms with Crippen molar-refractivity contribution in [3.05, 3.63) is 53.9 Å². The maximum atomic E-state index is 12.8. The van der Waals surface area contributed by atoms with E-state index in [9.17, 15) is 9.59 Å². The number of aromatic amines is 1. The lowest BCUT2D eigenvalue weighted by atomic mass is 10.1. The summed E-state index contributed by atoms with van der Waals surface area (Å²) in [5.41, 5.74) is 2.17. The number of piperazine rings is 1. The average molecular weight is 394 g/mol. The summed E-state index contributed by atoms with van der Waals surface area (Å²) in [6.45, 7) is 4.36. The number of nitrogens with one attached hydrogen (secondary N) is 2. The minimum absolute atomic E-state index is 0.0816. The highest BCUT2D eigenvalue weighted by Crippen LogP contribution is 2.18. The van der Waals surface area contributed by atoms with Gasteiger partial charge in [0.2, 0.25) is 5.91 Å². The van der Waals surface area contributed by atoms with Gasteiger partial charge in [-0.1, -0.05) is 35.5 Å². The number of hydrogen-bond donors (Lipinski definition) is 2. The molecule has 0 aliphatic carbocycles. The molecule has 1 saturated heterocycles. The molecule has 1 aromatic carbocycles. The lowest BCUT2D eigenvalue weighted by molar-refractivity contribution is -0.117. The summed E-state index contributed by atoms with van der Waals surface area (Å²) in [7, 11) is 0. The highest BCUT2D eigenvalue weighted by atomic mass is 16.5. The van der Waals surface area contributed by atoms with E-state index < -0.39 is 0 Å². The number of anilines is 1. The van der Waals surface area contributed by atoms with E-state index in [4.69, 9.17) is 4.52 Å². The van der Waals surface area contributed by atoms with Crippen LogP contribution in [-0.4, -0.2) is 69.7 Å². The van der Waals surface area contributed by atoms with Gasteiger partial charge < -0.3 is 14.7 Å². The van der Waals surface area contributed by atoms with Gasteiger partial charge in [-0.2, -0.15) is 5.10 Å². The van der Waals surface area contributed by atoms with Gasteiger partial charge in [0.05, 0.1) is 12.2 Å². The molecule has 29 heavy (non-hydrogen) atoms. The Bertz CT molecular complexity index is 989. The lowest BCUT2D eigenvalue weighted by Gasteiger charge is -2.33. The summed E-state index contributed by atoms with van der Waals surface area (Å²) in [6.07, 6.45) is 0. The van der Waals surface area contributed by atoms with Crippen LogP contribution in [0.15, 0.2) is 47.0 Å². The number of hydrogen-bond acceptors (Lipinski definition) is 6. The smallest absolute Gasteiger partial charge is 0.271 e. The first kappa shape index (κ1) is 18.9. The van der Waals surface area contributed by atoms with E-state index in [0.717, 1.165) is 11.3 Å². The Morgan fingerprint density at radius 3 is 2.59 bits per heavy atom. The summed E-state index contributed by atoms with van der Waals surface area (Å²) < 4.78 is 4.94. The second-order valence-electron chi connectivity index (χ2n) is 6.97. The standard InChI is InChI=1S/C20H22N6O3/c1-14-11-18(24-29-14)21-19(27)13-25-7-9-26(10-8-25)20(28)17-12-16(22-23-17)15-5-3-2-4-6-15/h2-6,11-12H,7-10,13H2,1H3,(H,22,23)(H,21,24,27). The van der Waals surface area contributed by atoms with Crippen molar-refractivity contribution in [1.29, 1.82) is 0 Å². The van der Waals surface area contributed by atoms with Crippen LogP contribution in [0.3, 0.4) is 0 Å². The first-order chi connectivity index (χ1) is 14.1. The Morgan fingerprint density at radius 2 is 1.90 bits per heavy atom. The van der Waals surface area contributed by atoms with Crippen molar-refractivity contribution in [2.75, 3.05) is 38.0 Å². The number of aromatic nitrogens is 3. The third kappa shape index (κ3) is 4.52. The van der Waals surface area contributed by atoms with Crippen molar-refractivity contribution in [1.82, 2.24) is 25.2 Å². The van der Waals surface area contributed by atoms with Gasteiger partial charge in [-0.05, 0) is 13.0 Å². The van der Waals surface area contributed by atoms with Crippen LogP contribution in [0, 0.1) is 6.92 Å². The van der Waals surface area contributed by atoms with Crippen molar-refractivity contribution in [3.8, 4) is 11.3 Å². The molecule has 0 spiro atoms. The molecule has 1 aliphatic rings. The highest BCUT2D eigenvalue weighted by Gasteiger charge is 2.24. The normalized spacial score (nSPS) is 14.7. The van der Waals surface area contributed by atoms with Crippen LogP contribution in [-0.2, 0) is 4.79 Å². The fourth-order valence-electron chi connectivity index (χ4n) is 3.28. The number of carbonyl (C=O) groups excluding carboxylic acids is 2. The van der Waals surface area contributed by atoms with Crippen LogP contribution in [0.4, 0.5) is 5.82 Å². The number of aryl methyl sites for hydroxylation is 1. The largest absolute Gasteiger partial charge is 0.360 e. The topological polar surface area (TPSA) is 107 Å². The van der Waals surface area contributed by atoms with E-state index in [1.54, 1.807) is 24.0 Å². The summed E-state index contributed by atoms with van der Waals surface area (Å²) in [6, 6.07) is 13.2. The van der Waals surface area contributed by atoms with Crippen LogP contribution in [0.5, 0.6) is 0 Å². The van der Waals surface area contributed by atoms with Crippen molar-refractivity contribution >= 4 is 17.6 Å². The number of H-pyrrole nitrogens is 1. The van der Waals surface area contributed by atoms with E-state index in [0.29, 0.717) is 43.5 Å². The molecule has 3 heterocycles. The zero-order valence-electron chi connectivity index (χ0n) is 16.1. The number of nitrogens with zero attached hydrogens (tertiary/aromatic N) is 4. The van der Waals surface area contributed by atoms with E-state index in [1.807, 2.05) is 35.2 Å². The predicted molar refractivity (Wildman–Crippen MR) is 106 cm³/mol. The van der Waals surface area contributed by atoms with Gasteiger partial charge >= 0.3 is 0 Å². The fourth-order valence-corrected chi connectivity index (χ4v) is 3.28. The first-order valence-electron chi connectivity index (χ1n) is 9.44. The van der Waals surface area contributed by atoms with Gasteiger partial charge in [0.25, 0.3) is 5.91 Å². The Labute approximate surface area is 167 Å². The molecule has 2 amide bonds. The van der Waals surface area contributed by atoms with Crippen LogP contribution in [0.1, 0.15) is 16.2 Å². The molecule has 0 radical (unpaired) electrons. The third-order valence-corrected chi connectivity index (χ3v) is 4.80. The predicted octanol–water partition coefficient (Wildman–Crippen LogP) is 1.77. The molecule has 0 bridgehead atoms. The monoisotopic (exact) mass is 394 g/mol. The molecule has 0 saturated carbocycles. The van der Waals surface area contributed by atoms with Crippen molar-refractivity contribution in [3.63, 3.8) is 0 Å². The molecule has 150 valence electrons. The number of carbonyl (C=O) groups is 2. The van der Waals surface area contributed by atoms with E-state index in [2.05, 4.69) is 20.7 Å². The van der Waals surface area contributed by atoms with Crippen LogP contribution in [0.2, 0.25) is 0 Å². The molecule has 2 aromatic heterocycles. The molecular weight excluding hydrogens is 372 g/mol. The SMILES string of the molecule is Cc1cc(NC(=O)CN2CCN(C(=O)c3cc(-c4ccccc4)n[nH]3)CC2)no1. The zero-order chi connectivity index (χ0) is 20.2. The maximum Gasteiger partial charge on any atom is 0.271 e. The molecule has 3 aromatic rings. The molecule has 0 unspecified atom stereocenters. The molecule has 4 rings (SSSR count). The molecule has 0 atom stereocenters. The molecule has 1 fully saturated rings. The quantitative estimate of drug-likeness (QED) is 0.683. The van der Waals surface area contributed by atoms with Crippen molar-refractivity contribution < 1.29 is 14.1 Å². The van der Waals surface area contributed by atoms with Crippen molar-refractivity contribution in [2.45, 2.75) is 6.92 Å². The molecule has 9 nitrogen and oxygen atoms in total. The third-order valence-electron chi connectivity index (χ3n) is 4.80.